The summed E-state index contributed by atoms with van der Waals surface area (Å²) in [5.41, 5.74) is 2.06. The fourth-order valence-corrected chi connectivity index (χ4v) is 7.43. The first-order valence-corrected chi connectivity index (χ1v) is 12.0. The predicted octanol–water partition coefficient (Wildman–Crippen LogP) is 4.09. The molecule has 0 unspecified atom stereocenters. The van der Waals surface area contributed by atoms with Crippen LogP contribution < -0.4 is 4.74 Å². The number of phenols is 1. The number of piperidine rings is 1. The van der Waals surface area contributed by atoms with Gasteiger partial charge in [0.1, 0.15) is 17.4 Å². The van der Waals surface area contributed by atoms with E-state index >= 15 is 0 Å². The Kier molecular flexibility index (Phi) is 3.89. The number of hydrogen-bond acceptors (Lipinski definition) is 7. The number of nitrogens with zero attached hydrogens (tertiary/aromatic N) is 3. The molecular formula is C26H27N3O4. The zero-order valence-corrected chi connectivity index (χ0v) is 18.4. The lowest BCUT2D eigenvalue weighted by molar-refractivity contribution is -0.0538. The Bertz CT molecular complexity index is 1190. The number of nitroso groups, excluding NO2 is 1. The fraction of sp³-hybridized carbons (Fsp3) is 0.500. The van der Waals surface area contributed by atoms with Gasteiger partial charge < -0.3 is 14.9 Å². The van der Waals surface area contributed by atoms with E-state index in [0.29, 0.717) is 24.2 Å². The molecule has 7 heteroatoms. The molecule has 2 aliphatic heterocycles. The van der Waals surface area contributed by atoms with Crippen molar-refractivity contribution in [2.24, 2.45) is 11.1 Å². The molecule has 7 nitrogen and oxygen atoms in total. The standard InChI is InChI=1S/C26H27N3O4/c30-19-4-3-17-13-20-26(28-32)8-5-18(22(31)16-6-10-27-11-7-16)24-25(26,21(17)23(19)33-24)9-12-29(20)14-15-1-2-15/h3-4,6-7,10-11,15,20,24,30-31H,1-2,5,8-9,12-14H2/b22-18-/t20-,24+,25+,26-/m1/s1. The van der Waals surface area contributed by atoms with Crippen molar-refractivity contribution in [3.63, 3.8) is 0 Å². The van der Waals surface area contributed by atoms with E-state index in [1.54, 1.807) is 30.6 Å². The van der Waals surface area contributed by atoms with Gasteiger partial charge in [-0.05, 0) is 74.8 Å². The summed E-state index contributed by atoms with van der Waals surface area (Å²) in [5, 5.41) is 26.1. The number of ether oxygens (including phenoxy) is 1. The van der Waals surface area contributed by atoms with Gasteiger partial charge in [-0.15, -0.1) is 0 Å². The van der Waals surface area contributed by atoms with Gasteiger partial charge in [0.15, 0.2) is 11.5 Å². The molecule has 2 aromatic rings. The molecule has 5 aliphatic rings. The van der Waals surface area contributed by atoms with E-state index in [1.807, 2.05) is 6.07 Å². The van der Waals surface area contributed by atoms with E-state index in [2.05, 4.69) is 15.1 Å². The van der Waals surface area contributed by atoms with E-state index in [1.165, 1.54) is 12.8 Å². The van der Waals surface area contributed by atoms with Gasteiger partial charge in [0.05, 0.1) is 5.41 Å². The summed E-state index contributed by atoms with van der Waals surface area (Å²) < 4.78 is 6.52. The average molecular weight is 446 g/mol. The number of aromatic nitrogens is 1. The number of pyridine rings is 1. The smallest absolute Gasteiger partial charge is 0.166 e. The van der Waals surface area contributed by atoms with E-state index in [9.17, 15) is 15.1 Å². The molecule has 7 rings (SSSR count). The average Bonchev–Trinajstić information content (AvgIpc) is 3.59. The Balaban J connectivity index is 1.45. The molecule has 2 bridgehead atoms. The third-order valence-electron chi connectivity index (χ3n) is 9.03. The van der Waals surface area contributed by atoms with Crippen LogP contribution >= 0.6 is 0 Å². The number of likely N-dealkylation sites (tertiary alicyclic amines) is 1. The van der Waals surface area contributed by atoms with Crippen LogP contribution in [0.2, 0.25) is 0 Å². The monoisotopic (exact) mass is 445 g/mol. The van der Waals surface area contributed by atoms with E-state index in [0.717, 1.165) is 48.5 Å². The fourth-order valence-electron chi connectivity index (χ4n) is 7.43. The zero-order valence-electron chi connectivity index (χ0n) is 18.4. The molecule has 3 heterocycles. The highest BCUT2D eigenvalue weighted by molar-refractivity contribution is 5.70. The van der Waals surface area contributed by atoms with Crippen LogP contribution in [0.15, 0.2) is 47.4 Å². The van der Waals surface area contributed by atoms with Crippen molar-refractivity contribution >= 4 is 5.76 Å². The number of aliphatic hydroxyl groups excluding tert-OH is 1. The number of aromatic hydroxyl groups is 1. The molecule has 1 aromatic carbocycles. The molecule has 0 amide bonds. The summed E-state index contributed by atoms with van der Waals surface area (Å²) in [6, 6.07) is 7.28. The second-order valence-corrected chi connectivity index (χ2v) is 10.5. The maximum atomic E-state index is 12.9. The van der Waals surface area contributed by atoms with Gasteiger partial charge in [-0.2, -0.15) is 4.91 Å². The molecule has 0 radical (unpaired) electrons. The van der Waals surface area contributed by atoms with Crippen molar-refractivity contribution in [1.29, 1.82) is 0 Å². The molecule has 1 spiro atoms. The van der Waals surface area contributed by atoms with E-state index in [4.69, 9.17) is 4.74 Å². The molecule has 2 saturated carbocycles. The minimum absolute atomic E-state index is 0.0167. The van der Waals surface area contributed by atoms with E-state index in [-0.39, 0.29) is 17.6 Å². The second-order valence-electron chi connectivity index (χ2n) is 10.5. The lowest BCUT2D eigenvalue weighted by Crippen LogP contribution is -2.74. The summed E-state index contributed by atoms with van der Waals surface area (Å²) in [6.45, 7) is 1.89. The van der Waals surface area contributed by atoms with Gasteiger partial charge in [0.25, 0.3) is 0 Å². The van der Waals surface area contributed by atoms with Crippen molar-refractivity contribution in [2.45, 2.75) is 61.6 Å². The minimum Gasteiger partial charge on any atom is -0.507 e. The summed E-state index contributed by atoms with van der Waals surface area (Å²) in [5.74, 6) is 1.48. The van der Waals surface area contributed by atoms with Gasteiger partial charge in [-0.25, -0.2) is 0 Å². The van der Waals surface area contributed by atoms with Crippen molar-refractivity contribution in [1.82, 2.24) is 9.88 Å². The normalized spacial score (nSPS) is 35.5. The van der Waals surface area contributed by atoms with Crippen molar-refractivity contribution in [3.8, 4) is 11.5 Å². The quantitative estimate of drug-likeness (QED) is 0.544. The Labute approximate surface area is 192 Å². The zero-order chi connectivity index (χ0) is 22.4. The van der Waals surface area contributed by atoms with Gasteiger partial charge in [-0.1, -0.05) is 11.2 Å². The summed E-state index contributed by atoms with van der Waals surface area (Å²) in [4.78, 5) is 19.5. The number of rotatable bonds is 4. The highest BCUT2D eigenvalue weighted by atomic mass is 16.5. The molecule has 1 aromatic heterocycles. The van der Waals surface area contributed by atoms with E-state index < -0.39 is 17.1 Å². The van der Waals surface area contributed by atoms with Gasteiger partial charge in [0, 0.05) is 41.7 Å². The first-order valence-electron chi connectivity index (χ1n) is 12.0. The summed E-state index contributed by atoms with van der Waals surface area (Å²) >= 11 is 0. The van der Waals surface area contributed by atoms with Crippen LogP contribution in [0.4, 0.5) is 0 Å². The summed E-state index contributed by atoms with van der Waals surface area (Å²) in [7, 11) is 0. The van der Waals surface area contributed by atoms with Crippen LogP contribution in [0, 0.1) is 10.8 Å². The maximum Gasteiger partial charge on any atom is 0.166 e. The predicted molar refractivity (Wildman–Crippen MR) is 122 cm³/mol. The molecule has 33 heavy (non-hydrogen) atoms. The van der Waals surface area contributed by atoms with Crippen LogP contribution in [-0.2, 0) is 11.8 Å². The van der Waals surface area contributed by atoms with Gasteiger partial charge in [0.2, 0.25) is 0 Å². The highest BCUT2D eigenvalue weighted by Gasteiger charge is 2.74. The lowest BCUT2D eigenvalue weighted by Gasteiger charge is -2.62. The highest BCUT2D eigenvalue weighted by Crippen LogP contribution is 2.68. The topological polar surface area (TPSA) is 95.2 Å². The second kappa shape index (κ2) is 6.56. The van der Waals surface area contributed by atoms with Crippen molar-refractivity contribution < 1.29 is 14.9 Å². The van der Waals surface area contributed by atoms with Gasteiger partial charge in [-0.3, -0.25) is 9.88 Å². The van der Waals surface area contributed by atoms with Crippen LogP contribution in [-0.4, -0.2) is 50.9 Å². The van der Waals surface area contributed by atoms with Crippen LogP contribution in [0.1, 0.15) is 48.8 Å². The molecule has 3 aliphatic carbocycles. The Hall–Kier alpha value is -2.93. The molecular weight excluding hydrogens is 418 g/mol. The molecule has 4 atom stereocenters. The molecule has 2 N–H and O–H groups in total. The van der Waals surface area contributed by atoms with Gasteiger partial charge >= 0.3 is 0 Å². The maximum absolute atomic E-state index is 12.9. The van der Waals surface area contributed by atoms with Crippen LogP contribution in [0.3, 0.4) is 0 Å². The van der Waals surface area contributed by atoms with Crippen molar-refractivity contribution in [2.75, 3.05) is 13.1 Å². The number of benzene rings is 1. The lowest BCUT2D eigenvalue weighted by atomic mass is 9.47. The SMILES string of the molecule is O=N[C@@]12CC/C(=C(/O)c3ccncc3)[C@@H]3Oc4c(O)ccc5c4[C@@]31CCN(CC1CC1)[C@@H]2C5. The third kappa shape index (κ3) is 2.36. The minimum atomic E-state index is -0.834. The Morgan fingerprint density at radius 1 is 1.21 bits per heavy atom. The number of hydrogen-bond donors (Lipinski definition) is 2. The molecule has 170 valence electrons. The third-order valence-corrected chi connectivity index (χ3v) is 9.03. The number of phenolic OH excluding ortho intramolecular Hbond substituents is 1. The molecule has 1 saturated heterocycles. The Morgan fingerprint density at radius 2 is 2.03 bits per heavy atom. The van der Waals surface area contributed by atoms with Crippen LogP contribution in [0.25, 0.3) is 5.76 Å². The first kappa shape index (κ1) is 19.5. The van der Waals surface area contributed by atoms with Crippen LogP contribution in [0.5, 0.6) is 11.5 Å². The number of aliphatic hydroxyl groups is 1. The summed E-state index contributed by atoms with van der Waals surface area (Å²) in [6.07, 6.45) is 7.90. The largest absolute Gasteiger partial charge is 0.507 e. The Morgan fingerprint density at radius 3 is 2.79 bits per heavy atom. The molecule has 3 fully saturated rings. The first-order chi connectivity index (χ1) is 16.1. The van der Waals surface area contributed by atoms with Crippen molar-refractivity contribution in [3.05, 3.63) is 63.8 Å².